The Balaban J connectivity index is 1.12. The Hall–Kier alpha value is -2.46. The molecule has 9 heteroatoms. The second kappa shape index (κ2) is 10.3. The molecule has 1 atom stereocenters. The van der Waals surface area contributed by atoms with Crippen LogP contribution in [0.1, 0.15) is 29.5 Å². The number of carbonyl (C=O) groups excluding carboxylic acids is 1. The maximum Gasteiger partial charge on any atom is 0.320 e. The van der Waals surface area contributed by atoms with E-state index in [1.54, 1.807) is 34.1 Å². The first kappa shape index (κ1) is 24.2. The van der Waals surface area contributed by atoms with Gasteiger partial charge >= 0.3 is 6.03 Å². The van der Waals surface area contributed by atoms with E-state index in [2.05, 4.69) is 29.2 Å². The molecule has 35 heavy (non-hydrogen) atoms. The zero-order valence-corrected chi connectivity index (χ0v) is 20.9. The number of aliphatic hydroxyl groups excluding tert-OH is 1. The lowest BCUT2D eigenvalue weighted by molar-refractivity contribution is 0.0812. The van der Waals surface area contributed by atoms with E-state index in [4.69, 9.17) is 0 Å². The number of benzene rings is 2. The molecule has 188 valence electrons. The SMILES string of the molecule is O=C1N(Cc2ccc(S(=O)(=O)N3CCCC3)cc2)CCN1C[C@H](O)CN1CCc2ccccc2C1. The summed E-state index contributed by atoms with van der Waals surface area (Å²) in [5.74, 6) is 0. The molecule has 3 aliphatic rings. The molecule has 0 bridgehead atoms. The Morgan fingerprint density at radius 1 is 0.829 bits per heavy atom. The first-order chi connectivity index (χ1) is 16.9. The molecule has 2 fully saturated rings. The first-order valence-corrected chi connectivity index (χ1v) is 13.9. The van der Waals surface area contributed by atoms with Crippen molar-refractivity contribution in [2.45, 2.75) is 43.4 Å². The fraction of sp³-hybridized carbons (Fsp3) is 0.500. The van der Waals surface area contributed by atoms with Crippen LogP contribution in [-0.4, -0.2) is 90.5 Å². The van der Waals surface area contributed by atoms with Crippen LogP contribution < -0.4 is 0 Å². The van der Waals surface area contributed by atoms with Gasteiger partial charge in [-0.25, -0.2) is 13.2 Å². The van der Waals surface area contributed by atoms with Crippen LogP contribution in [0.3, 0.4) is 0 Å². The molecule has 3 heterocycles. The van der Waals surface area contributed by atoms with Crippen LogP contribution >= 0.6 is 0 Å². The summed E-state index contributed by atoms with van der Waals surface area (Å²) in [6, 6.07) is 15.2. The molecule has 5 rings (SSSR count). The van der Waals surface area contributed by atoms with Crippen LogP contribution in [0.25, 0.3) is 0 Å². The standard InChI is InChI=1S/C26H34N4O4S/c31-24(19-27-14-11-22-5-1-2-6-23(22)18-27)20-29-16-15-28(26(29)32)17-21-7-9-25(10-8-21)35(33,34)30-12-3-4-13-30/h1-2,5-10,24,31H,3-4,11-20H2/t24-/m1/s1. The lowest BCUT2D eigenvalue weighted by atomic mass is 10.00. The van der Waals surface area contributed by atoms with E-state index in [9.17, 15) is 18.3 Å². The van der Waals surface area contributed by atoms with Crippen LogP contribution in [0.5, 0.6) is 0 Å². The van der Waals surface area contributed by atoms with E-state index < -0.39 is 16.1 Å². The van der Waals surface area contributed by atoms with Crippen molar-refractivity contribution >= 4 is 16.1 Å². The van der Waals surface area contributed by atoms with Crippen LogP contribution in [0.15, 0.2) is 53.4 Å². The van der Waals surface area contributed by atoms with Crippen molar-refractivity contribution in [1.29, 1.82) is 0 Å². The maximum absolute atomic E-state index is 12.9. The molecular formula is C26H34N4O4S. The average Bonchev–Trinajstić information content (AvgIpc) is 3.52. The average molecular weight is 499 g/mol. The van der Waals surface area contributed by atoms with Gasteiger partial charge in [-0.1, -0.05) is 36.4 Å². The number of fused-ring (bicyclic) bond motifs is 1. The molecule has 0 aromatic heterocycles. The predicted octanol–water partition coefficient (Wildman–Crippen LogP) is 2.13. The second-order valence-corrected chi connectivity index (χ2v) is 11.8. The number of carbonyl (C=O) groups is 1. The lowest BCUT2D eigenvalue weighted by Gasteiger charge is -2.31. The largest absolute Gasteiger partial charge is 0.390 e. The lowest BCUT2D eigenvalue weighted by Crippen LogP contribution is -2.43. The smallest absolute Gasteiger partial charge is 0.320 e. The zero-order chi connectivity index (χ0) is 24.4. The van der Waals surface area contributed by atoms with E-state index >= 15 is 0 Å². The van der Waals surface area contributed by atoms with Gasteiger partial charge in [-0.05, 0) is 48.1 Å². The van der Waals surface area contributed by atoms with Crippen LogP contribution in [0.4, 0.5) is 4.79 Å². The van der Waals surface area contributed by atoms with Crippen LogP contribution in [0, 0.1) is 0 Å². The number of aliphatic hydroxyl groups is 1. The van der Waals surface area contributed by atoms with Gasteiger partial charge < -0.3 is 14.9 Å². The van der Waals surface area contributed by atoms with Gasteiger partial charge in [0.2, 0.25) is 10.0 Å². The van der Waals surface area contributed by atoms with E-state index in [0.29, 0.717) is 50.7 Å². The molecule has 2 amide bonds. The van der Waals surface area contributed by atoms with Gasteiger partial charge in [0, 0.05) is 58.9 Å². The third-order valence-electron chi connectivity index (χ3n) is 7.29. The third kappa shape index (κ3) is 5.38. The molecule has 2 aromatic rings. The summed E-state index contributed by atoms with van der Waals surface area (Å²) in [7, 11) is -3.43. The van der Waals surface area contributed by atoms with Crippen molar-refractivity contribution in [3.63, 3.8) is 0 Å². The van der Waals surface area contributed by atoms with E-state index in [-0.39, 0.29) is 6.03 Å². The minimum absolute atomic E-state index is 0.0817. The molecule has 8 nitrogen and oxygen atoms in total. The molecule has 2 saturated heterocycles. The first-order valence-electron chi connectivity index (χ1n) is 12.5. The maximum atomic E-state index is 12.9. The summed E-state index contributed by atoms with van der Waals surface area (Å²) >= 11 is 0. The van der Waals surface area contributed by atoms with Gasteiger partial charge in [-0.2, -0.15) is 4.31 Å². The quantitative estimate of drug-likeness (QED) is 0.603. The van der Waals surface area contributed by atoms with Gasteiger partial charge in [0.1, 0.15) is 0 Å². The van der Waals surface area contributed by atoms with Crippen molar-refractivity contribution < 1.29 is 18.3 Å². The number of hydrogen-bond acceptors (Lipinski definition) is 5. The van der Waals surface area contributed by atoms with Crippen molar-refractivity contribution in [2.75, 3.05) is 45.8 Å². The van der Waals surface area contributed by atoms with Crippen molar-refractivity contribution in [3.8, 4) is 0 Å². The Morgan fingerprint density at radius 2 is 1.51 bits per heavy atom. The fourth-order valence-corrected chi connectivity index (χ4v) is 6.85. The topological polar surface area (TPSA) is 84.4 Å². The number of urea groups is 1. The molecule has 0 saturated carbocycles. The fourth-order valence-electron chi connectivity index (χ4n) is 5.33. The van der Waals surface area contributed by atoms with Crippen molar-refractivity contribution in [3.05, 3.63) is 65.2 Å². The van der Waals surface area contributed by atoms with Crippen molar-refractivity contribution in [1.82, 2.24) is 19.0 Å². The normalized spacial score (nSPS) is 20.4. The second-order valence-electron chi connectivity index (χ2n) is 9.81. The van der Waals surface area contributed by atoms with Gasteiger partial charge in [-0.3, -0.25) is 4.90 Å². The Labute approximate surface area is 207 Å². The van der Waals surface area contributed by atoms with E-state index in [1.165, 1.54) is 15.4 Å². The molecule has 0 spiro atoms. The van der Waals surface area contributed by atoms with Crippen molar-refractivity contribution in [2.24, 2.45) is 0 Å². The summed E-state index contributed by atoms with van der Waals surface area (Å²) in [6.45, 7) is 5.38. The molecule has 0 aliphatic carbocycles. The molecular weight excluding hydrogens is 464 g/mol. The molecule has 3 aliphatic heterocycles. The molecule has 0 unspecified atom stereocenters. The third-order valence-corrected chi connectivity index (χ3v) is 9.20. The number of sulfonamides is 1. The van der Waals surface area contributed by atoms with Gasteiger partial charge in [0.05, 0.1) is 11.0 Å². The van der Waals surface area contributed by atoms with Gasteiger partial charge in [0.25, 0.3) is 0 Å². The summed E-state index contributed by atoms with van der Waals surface area (Å²) in [6.07, 6.45) is 2.20. The minimum atomic E-state index is -3.43. The van der Waals surface area contributed by atoms with E-state index in [0.717, 1.165) is 37.9 Å². The summed E-state index contributed by atoms with van der Waals surface area (Å²) in [5.41, 5.74) is 3.59. The monoisotopic (exact) mass is 498 g/mol. The summed E-state index contributed by atoms with van der Waals surface area (Å²) in [5, 5.41) is 10.7. The predicted molar refractivity (Wildman–Crippen MR) is 133 cm³/mol. The zero-order valence-electron chi connectivity index (χ0n) is 20.1. The Bertz CT molecular complexity index is 1150. The number of nitrogens with zero attached hydrogens (tertiary/aromatic N) is 4. The van der Waals surface area contributed by atoms with Crippen LogP contribution in [0.2, 0.25) is 0 Å². The number of hydrogen-bond donors (Lipinski definition) is 1. The minimum Gasteiger partial charge on any atom is -0.390 e. The molecule has 2 aromatic carbocycles. The molecule has 1 N–H and O–H groups in total. The summed E-state index contributed by atoms with van der Waals surface area (Å²) in [4.78, 5) is 19.0. The van der Waals surface area contributed by atoms with E-state index in [1.807, 2.05) is 0 Å². The number of β-amino-alcohol motifs (C(OH)–C–C–N with tert-alkyl or cyclic N) is 1. The molecule has 0 radical (unpaired) electrons. The highest BCUT2D eigenvalue weighted by atomic mass is 32.2. The Kier molecular flexibility index (Phi) is 7.11. The van der Waals surface area contributed by atoms with Crippen LogP contribution in [-0.2, 0) is 29.5 Å². The highest BCUT2D eigenvalue weighted by molar-refractivity contribution is 7.89. The highest BCUT2D eigenvalue weighted by Crippen LogP contribution is 2.23. The number of rotatable bonds is 8. The Morgan fingerprint density at radius 3 is 2.26 bits per heavy atom. The summed E-state index contributed by atoms with van der Waals surface area (Å²) < 4.78 is 27.0. The number of amides is 2. The van der Waals surface area contributed by atoms with Gasteiger partial charge in [-0.15, -0.1) is 0 Å². The van der Waals surface area contributed by atoms with Gasteiger partial charge in [0.15, 0.2) is 0 Å². The highest BCUT2D eigenvalue weighted by Gasteiger charge is 2.31.